The zero-order valence-electron chi connectivity index (χ0n) is 6.47. The second-order valence-corrected chi connectivity index (χ2v) is 3.21. The molecule has 4 nitrogen and oxygen atoms in total. The molecule has 1 rings (SSSR count). The van der Waals surface area contributed by atoms with Crippen molar-refractivity contribution in [2.24, 2.45) is 5.73 Å². The van der Waals surface area contributed by atoms with Gasteiger partial charge in [0.2, 0.25) is 0 Å². The topological polar surface area (TPSA) is 82.0 Å². The molecule has 12 heavy (non-hydrogen) atoms. The van der Waals surface area contributed by atoms with Gasteiger partial charge in [-0.3, -0.25) is 4.79 Å². The number of aromatic nitrogens is 1. The summed E-state index contributed by atoms with van der Waals surface area (Å²) in [6.07, 6.45) is 1.51. The molecule has 0 atom stereocenters. The third-order valence-corrected chi connectivity index (χ3v) is 2.36. The van der Waals surface area contributed by atoms with E-state index in [9.17, 15) is 4.79 Å². The van der Waals surface area contributed by atoms with Gasteiger partial charge in [-0.05, 0) is 28.4 Å². The quantitative estimate of drug-likeness (QED) is 0.749. The molecule has 0 unspecified atom stereocenters. The summed E-state index contributed by atoms with van der Waals surface area (Å²) < 4.78 is 0.769. The fourth-order valence-corrected chi connectivity index (χ4v) is 1.11. The molecular formula is C7H8BrN3O. The van der Waals surface area contributed by atoms with Gasteiger partial charge in [0, 0.05) is 10.7 Å². The lowest BCUT2D eigenvalue weighted by Crippen LogP contribution is -2.16. The van der Waals surface area contributed by atoms with Crippen LogP contribution >= 0.6 is 15.9 Å². The standard InChI is InChI=1S/C7H8BrN3O/c1-3-4(8)2-11-6(5(3)9)7(10)12/h2H,9H2,1H3,(H2,10,12). The molecule has 0 saturated carbocycles. The molecule has 0 radical (unpaired) electrons. The highest BCUT2D eigenvalue weighted by Crippen LogP contribution is 2.22. The highest BCUT2D eigenvalue weighted by Gasteiger charge is 2.10. The van der Waals surface area contributed by atoms with E-state index in [2.05, 4.69) is 20.9 Å². The van der Waals surface area contributed by atoms with Crippen molar-refractivity contribution in [2.75, 3.05) is 5.73 Å². The van der Waals surface area contributed by atoms with Crippen LogP contribution in [-0.2, 0) is 0 Å². The van der Waals surface area contributed by atoms with Gasteiger partial charge in [0.25, 0.3) is 5.91 Å². The summed E-state index contributed by atoms with van der Waals surface area (Å²) in [6.45, 7) is 1.79. The molecule has 0 fully saturated rings. The Hall–Kier alpha value is -1.10. The first-order chi connectivity index (χ1) is 5.54. The number of primary amides is 1. The first kappa shape index (κ1) is 8.99. The van der Waals surface area contributed by atoms with Crippen LogP contribution in [0.2, 0.25) is 0 Å². The van der Waals surface area contributed by atoms with Crippen LogP contribution in [0.15, 0.2) is 10.7 Å². The molecular weight excluding hydrogens is 222 g/mol. The monoisotopic (exact) mass is 229 g/mol. The van der Waals surface area contributed by atoms with Gasteiger partial charge in [0.05, 0.1) is 5.69 Å². The maximum atomic E-state index is 10.7. The largest absolute Gasteiger partial charge is 0.397 e. The van der Waals surface area contributed by atoms with Crippen LogP contribution in [0, 0.1) is 6.92 Å². The summed E-state index contributed by atoms with van der Waals surface area (Å²) in [6, 6.07) is 0. The van der Waals surface area contributed by atoms with E-state index < -0.39 is 5.91 Å². The van der Waals surface area contributed by atoms with Gasteiger partial charge in [-0.15, -0.1) is 0 Å². The summed E-state index contributed by atoms with van der Waals surface area (Å²) in [5.74, 6) is -0.608. The van der Waals surface area contributed by atoms with Crippen LogP contribution in [-0.4, -0.2) is 10.9 Å². The predicted octanol–water partition coefficient (Wildman–Crippen LogP) is 0.834. The van der Waals surface area contributed by atoms with Crippen LogP contribution < -0.4 is 11.5 Å². The fraction of sp³-hybridized carbons (Fsp3) is 0.143. The van der Waals surface area contributed by atoms with Gasteiger partial charge in [-0.2, -0.15) is 0 Å². The lowest BCUT2D eigenvalue weighted by molar-refractivity contribution is 0.0996. The smallest absolute Gasteiger partial charge is 0.269 e. The van der Waals surface area contributed by atoms with Crippen molar-refractivity contribution in [2.45, 2.75) is 6.92 Å². The van der Waals surface area contributed by atoms with Crippen molar-refractivity contribution in [1.29, 1.82) is 0 Å². The second kappa shape index (κ2) is 3.10. The van der Waals surface area contributed by atoms with E-state index in [0.29, 0.717) is 5.69 Å². The van der Waals surface area contributed by atoms with Gasteiger partial charge in [-0.1, -0.05) is 0 Å². The van der Waals surface area contributed by atoms with Crippen LogP contribution in [0.3, 0.4) is 0 Å². The van der Waals surface area contributed by atoms with Crippen LogP contribution in [0.4, 0.5) is 5.69 Å². The molecule has 4 N–H and O–H groups in total. The van der Waals surface area contributed by atoms with Gasteiger partial charge >= 0.3 is 0 Å². The number of nitrogens with two attached hydrogens (primary N) is 2. The molecule has 1 heterocycles. The molecule has 0 spiro atoms. The minimum absolute atomic E-state index is 0.121. The normalized spacial score (nSPS) is 9.83. The molecule has 1 aromatic rings. The highest BCUT2D eigenvalue weighted by molar-refractivity contribution is 9.10. The first-order valence-corrected chi connectivity index (χ1v) is 4.03. The van der Waals surface area contributed by atoms with Crippen molar-refractivity contribution < 1.29 is 4.79 Å². The Morgan fingerprint density at radius 3 is 2.75 bits per heavy atom. The van der Waals surface area contributed by atoms with E-state index >= 15 is 0 Å². The molecule has 0 bridgehead atoms. The molecule has 64 valence electrons. The number of carbonyl (C=O) groups is 1. The fourth-order valence-electron chi connectivity index (χ4n) is 0.790. The van der Waals surface area contributed by atoms with Crippen molar-refractivity contribution in [3.05, 3.63) is 21.9 Å². The molecule has 0 aliphatic carbocycles. The number of anilines is 1. The first-order valence-electron chi connectivity index (χ1n) is 3.24. The van der Waals surface area contributed by atoms with E-state index in [4.69, 9.17) is 11.5 Å². The summed E-state index contributed by atoms with van der Waals surface area (Å²) in [4.78, 5) is 14.5. The molecule has 0 aliphatic heterocycles. The van der Waals surface area contributed by atoms with E-state index in [-0.39, 0.29) is 5.69 Å². The van der Waals surface area contributed by atoms with Crippen molar-refractivity contribution >= 4 is 27.5 Å². The highest BCUT2D eigenvalue weighted by atomic mass is 79.9. The van der Waals surface area contributed by atoms with Crippen LogP contribution in [0.5, 0.6) is 0 Å². The van der Waals surface area contributed by atoms with E-state index in [1.54, 1.807) is 6.92 Å². The SMILES string of the molecule is Cc1c(Br)cnc(C(N)=O)c1N. The third kappa shape index (κ3) is 1.40. The molecule has 0 aliphatic rings. The number of pyridine rings is 1. The lowest BCUT2D eigenvalue weighted by Gasteiger charge is -2.05. The Balaban J connectivity index is 3.36. The van der Waals surface area contributed by atoms with Crippen molar-refractivity contribution in [3.63, 3.8) is 0 Å². The minimum Gasteiger partial charge on any atom is -0.397 e. The second-order valence-electron chi connectivity index (χ2n) is 2.36. The Labute approximate surface area is 78.1 Å². The predicted molar refractivity (Wildman–Crippen MR) is 49.6 cm³/mol. The van der Waals surface area contributed by atoms with Gasteiger partial charge in [0.1, 0.15) is 0 Å². The number of carbonyl (C=O) groups excluding carboxylic acids is 1. The van der Waals surface area contributed by atoms with Crippen LogP contribution in [0.25, 0.3) is 0 Å². The van der Waals surface area contributed by atoms with Gasteiger partial charge < -0.3 is 11.5 Å². The molecule has 1 aromatic heterocycles. The number of nitrogens with zero attached hydrogens (tertiary/aromatic N) is 1. The maximum Gasteiger partial charge on any atom is 0.269 e. The summed E-state index contributed by atoms with van der Waals surface area (Å²) >= 11 is 3.23. The number of hydrogen-bond acceptors (Lipinski definition) is 3. The zero-order valence-corrected chi connectivity index (χ0v) is 8.05. The van der Waals surface area contributed by atoms with Gasteiger partial charge in [-0.25, -0.2) is 4.98 Å². The Kier molecular flexibility index (Phi) is 2.32. The summed E-state index contributed by atoms with van der Waals surface area (Å²) in [5.41, 5.74) is 11.9. The Bertz CT molecular complexity index is 338. The molecule has 1 amide bonds. The third-order valence-electron chi connectivity index (χ3n) is 1.56. The number of hydrogen-bond donors (Lipinski definition) is 2. The number of rotatable bonds is 1. The van der Waals surface area contributed by atoms with E-state index in [0.717, 1.165) is 10.0 Å². The summed E-state index contributed by atoms with van der Waals surface area (Å²) in [7, 11) is 0. The van der Waals surface area contributed by atoms with E-state index in [1.165, 1.54) is 6.20 Å². The average Bonchev–Trinajstić information content (AvgIpc) is 2.00. The van der Waals surface area contributed by atoms with Gasteiger partial charge in [0.15, 0.2) is 5.69 Å². The minimum atomic E-state index is -0.608. The Morgan fingerprint density at radius 2 is 2.25 bits per heavy atom. The molecule has 0 aromatic carbocycles. The number of nitrogen functional groups attached to an aromatic ring is 1. The molecule has 0 saturated heterocycles. The van der Waals surface area contributed by atoms with Crippen LogP contribution in [0.1, 0.15) is 16.1 Å². The lowest BCUT2D eigenvalue weighted by atomic mass is 10.2. The average molecular weight is 230 g/mol. The number of halogens is 1. The van der Waals surface area contributed by atoms with E-state index in [1.807, 2.05) is 0 Å². The summed E-state index contributed by atoms with van der Waals surface area (Å²) in [5, 5.41) is 0. The number of amides is 1. The Morgan fingerprint density at radius 1 is 1.67 bits per heavy atom. The van der Waals surface area contributed by atoms with Crippen molar-refractivity contribution in [3.8, 4) is 0 Å². The molecule has 5 heteroatoms. The zero-order chi connectivity index (χ0) is 9.30. The maximum absolute atomic E-state index is 10.7. The van der Waals surface area contributed by atoms with Crippen molar-refractivity contribution in [1.82, 2.24) is 4.98 Å².